The third-order valence-electron chi connectivity index (χ3n) is 3.22. The number of hydrogen-bond acceptors (Lipinski definition) is 3. The Bertz CT molecular complexity index is 347. The molecular weight excluding hydrogens is 214 g/mol. The van der Waals surface area contributed by atoms with Gasteiger partial charge in [-0.1, -0.05) is 13.8 Å². The summed E-state index contributed by atoms with van der Waals surface area (Å²) in [6.07, 6.45) is 2.78. The van der Waals surface area contributed by atoms with E-state index in [4.69, 9.17) is 5.11 Å². The van der Waals surface area contributed by atoms with Crippen LogP contribution in [0.5, 0.6) is 0 Å². The Hall–Kier alpha value is -0.870. The number of rotatable bonds is 7. The van der Waals surface area contributed by atoms with Crippen molar-refractivity contribution < 1.29 is 5.11 Å². The lowest BCUT2D eigenvalue weighted by Gasteiger charge is -2.13. The van der Waals surface area contributed by atoms with Crippen molar-refractivity contribution in [2.24, 2.45) is 7.05 Å². The van der Waals surface area contributed by atoms with Gasteiger partial charge in [0, 0.05) is 37.5 Å². The molecule has 4 heteroatoms. The lowest BCUT2D eigenvalue weighted by Crippen LogP contribution is -2.27. The Morgan fingerprint density at radius 3 is 2.59 bits per heavy atom. The van der Waals surface area contributed by atoms with Crippen molar-refractivity contribution in [3.8, 4) is 0 Å². The molecule has 0 aliphatic heterocycles. The van der Waals surface area contributed by atoms with Gasteiger partial charge >= 0.3 is 0 Å². The summed E-state index contributed by atoms with van der Waals surface area (Å²) in [6.45, 7) is 7.49. The third-order valence-corrected chi connectivity index (χ3v) is 3.22. The molecule has 1 rings (SSSR count). The fraction of sp³-hybridized carbons (Fsp3) is 0.769. The van der Waals surface area contributed by atoms with E-state index in [1.54, 1.807) is 0 Å². The first-order chi connectivity index (χ1) is 8.13. The fourth-order valence-electron chi connectivity index (χ4n) is 2.17. The van der Waals surface area contributed by atoms with Crippen LogP contribution < -0.4 is 5.32 Å². The molecule has 1 aromatic rings. The molecule has 0 radical (unpaired) electrons. The lowest BCUT2D eigenvalue weighted by molar-refractivity contribution is 0.268. The van der Waals surface area contributed by atoms with E-state index in [1.807, 2.05) is 11.7 Å². The third kappa shape index (κ3) is 3.54. The lowest BCUT2D eigenvalue weighted by atomic mass is 10.1. The molecule has 1 atom stereocenters. The molecule has 0 aliphatic carbocycles. The van der Waals surface area contributed by atoms with Gasteiger partial charge in [-0.3, -0.25) is 4.68 Å². The summed E-state index contributed by atoms with van der Waals surface area (Å²) in [7, 11) is 2.01. The second kappa shape index (κ2) is 6.77. The van der Waals surface area contributed by atoms with Crippen molar-refractivity contribution in [1.29, 1.82) is 0 Å². The highest BCUT2D eigenvalue weighted by molar-refractivity contribution is 5.26. The average Bonchev–Trinajstić information content (AvgIpc) is 2.62. The first-order valence-corrected chi connectivity index (χ1v) is 6.51. The van der Waals surface area contributed by atoms with Crippen LogP contribution in [0.15, 0.2) is 0 Å². The summed E-state index contributed by atoms with van der Waals surface area (Å²) >= 11 is 0. The highest BCUT2D eigenvalue weighted by Crippen LogP contribution is 2.15. The highest BCUT2D eigenvalue weighted by Gasteiger charge is 2.13. The molecule has 2 N–H and O–H groups in total. The van der Waals surface area contributed by atoms with Gasteiger partial charge < -0.3 is 10.4 Å². The number of hydrogen-bond donors (Lipinski definition) is 2. The first kappa shape index (κ1) is 14.2. The average molecular weight is 239 g/mol. The highest BCUT2D eigenvalue weighted by atomic mass is 16.3. The standard InChI is InChI=1S/C13H25N3O/c1-5-12-11(9-14-10(3)7-8-17)13(6-2)16(4)15-12/h10,14,17H,5-9H2,1-4H3/t10-/m1/s1. The zero-order valence-electron chi connectivity index (χ0n) is 11.5. The molecule has 4 nitrogen and oxygen atoms in total. The second-order valence-corrected chi connectivity index (χ2v) is 4.50. The van der Waals surface area contributed by atoms with Gasteiger partial charge in [0.2, 0.25) is 0 Å². The summed E-state index contributed by atoms with van der Waals surface area (Å²) < 4.78 is 1.99. The van der Waals surface area contributed by atoms with Gasteiger partial charge in [-0.05, 0) is 26.2 Å². The molecule has 0 amide bonds. The van der Waals surface area contributed by atoms with Crippen LogP contribution >= 0.6 is 0 Å². The normalized spacial score (nSPS) is 13.0. The van der Waals surface area contributed by atoms with Crippen LogP contribution in [-0.2, 0) is 26.4 Å². The van der Waals surface area contributed by atoms with Gasteiger partial charge in [0.1, 0.15) is 0 Å². The topological polar surface area (TPSA) is 50.1 Å². The minimum Gasteiger partial charge on any atom is -0.396 e. The van der Waals surface area contributed by atoms with Gasteiger partial charge in [-0.15, -0.1) is 0 Å². The van der Waals surface area contributed by atoms with Crippen LogP contribution in [0.2, 0.25) is 0 Å². The van der Waals surface area contributed by atoms with Gasteiger partial charge in [0.15, 0.2) is 0 Å². The molecule has 98 valence electrons. The van der Waals surface area contributed by atoms with Crippen LogP contribution in [0.4, 0.5) is 0 Å². The van der Waals surface area contributed by atoms with E-state index in [-0.39, 0.29) is 6.61 Å². The molecule has 0 saturated carbocycles. The Labute approximate surface area is 104 Å². The minimum absolute atomic E-state index is 0.239. The minimum atomic E-state index is 0.239. The van der Waals surface area contributed by atoms with Crippen molar-refractivity contribution in [1.82, 2.24) is 15.1 Å². The summed E-state index contributed by atoms with van der Waals surface area (Å²) in [5.74, 6) is 0. The molecular formula is C13H25N3O. The zero-order valence-corrected chi connectivity index (χ0v) is 11.5. The maximum absolute atomic E-state index is 8.88. The molecule has 0 fully saturated rings. The Morgan fingerprint density at radius 2 is 2.06 bits per heavy atom. The van der Waals surface area contributed by atoms with Gasteiger partial charge in [-0.2, -0.15) is 5.10 Å². The molecule has 0 aromatic carbocycles. The Balaban J connectivity index is 2.74. The maximum atomic E-state index is 8.88. The Morgan fingerprint density at radius 1 is 1.35 bits per heavy atom. The van der Waals surface area contributed by atoms with Crippen molar-refractivity contribution in [3.05, 3.63) is 17.0 Å². The Kier molecular flexibility index (Phi) is 5.65. The molecule has 1 heterocycles. The predicted molar refractivity (Wildman–Crippen MR) is 70.0 cm³/mol. The van der Waals surface area contributed by atoms with Gasteiger partial charge in [0.25, 0.3) is 0 Å². The molecule has 0 unspecified atom stereocenters. The van der Waals surface area contributed by atoms with E-state index < -0.39 is 0 Å². The zero-order chi connectivity index (χ0) is 12.8. The predicted octanol–water partition coefficient (Wildman–Crippen LogP) is 1.41. The largest absolute Gasteiger partial charge is 0.396 e. The maximum Gasteiger partial charge on any atom is 0.0669 e. The van der Waals surface area contributed by atoms with Gasteiger partial charge in [-0.25, -0.2) is 0 Å². The molecule has 1 aromatic heterocycles. The van der Waals surface area contributed by atoms with E-state index >= 15 is 0 Å². The number of nitrogens with one attached hydrogen (secondary N) is 1. The SMILES string of the molecule is CCc1nn(C)c(CC)c1CN[C@H](C)CCO. The van der Waals surface area contributed by atoms with Crippen LogP contribution in [0, 0.1) is 0 Å². The van der Waals surface area contributed by atoms with E-state index in [9.17, 15) is 0 Å². The van der Waals surface area contributed by atoms with Crippen molar-refractivity contribution in [2.75, 3.05) is 6.61 Å². The number of aliphatic hydroxyl groups excluding tert-OH is 1. The first-order valence-electron chi connectivity index (χ1n) is 6.51. The van der Waals surface area contributed by atoms with Crippen molar-refractivity contribution >= 4 is 0 Å². The number of nitrogens with zero attached hydrogens (tertiary/aromatic N) is 2. The number of aromatic nitrogens is 2. The van der Waals surface area contributed by atoms with Crippen molar-refractivity contribution in [2.45, 2.75) is 52.6 Å². The molecule has 0 bridgehead atoms. The van der Waals surface area contributed by atoms with Crippen LogP contribution in [-0.4, -0.2) is 27.5 Å². The second-order valence-electron chi connectivity index (χ2n) is 4.50. The summed E-state index contributed by atoms with van der Waals surface area (Å²) in [6, 6.07) is 0.342. The smallest absolute Gasteiger partial charge is 0.0669 e. The quantitative estimate of drug-likeness (QED) is 0.756. The van der Waals surface area contributed by atoms with Crippen LogP contribution in [0.3, 0.4) is 0 Å². The van der Waals surface area contributed by atoms with Crippen molar-refractivity contribution in [3.63, 3.8) is 0 Å². The number of aryl methyl sites for hydroxylation is 2. The summed E-state index contributed by atoms with van der Waals surface area (Å²) in [5, 5.41) is 16.9. The van der Waals surface area contributed by atoms with E-state index in [2.05, 4.69) is 31.2 Å². The molecule has 17 heavy (non-hydrogen) atoms. The molecule has 0 saturated heterocycles. The van der Waals surface area contributed by atoms with E-state index in [1.165, 1.54) is 17.0 Å². The summed E-state index contributed by atoms with van der Waals surface area (Å²) in [5.41, 5.74) is 3.83. The van der Waals surface area contributed by atoms with Gasteiger partial charge in [0.05, 0.1) is 5.69 Å². The van der Waals surface area contributed by atoms with Crippen LogP contribution in [0.1, 0.15) is 44.1 Å². The van der Waals surface area contributed by atoms with Crippen LogP contribution in [0.25, 0.3) is 0 Å². The van der Waals surface area contributed by atoms with E-state index in [0.717, 1.165) is 25.8 Å². The fourth-order valence-corrected chi connectivity index (χ4v) is 2.17. The molecule has 0 aliphatic rings. The summed E-state index contributed by atoms with van der Waals surface area (Å²) in [4.78, 5) is 0. The number of aliphatic hydroxyl groups is 1. The monoisotopic (exact) mass is 239 g/mol. The molecule has 0 spiro atoms. The van der Waals surface area contributed by atoms with E-state index in [0.29, 0.717) is 6.04 Å².